The van der Waals surface area contributed by atoms with E-state index in [2.05, 4.69) is 15.7 Å². The lowest BCUT2D eigenvalue weighted by molar-refractivity contribution is -0.119. The summed E-state index contributed by atoms with van der Waals surface area (Å²) in [6.45, 7) is 2.82. The molecule has 10 nitrogen and oxygen atoms in total. The fourth-order valence-corrected chi connectivity index (χ4v) is 5.25. The van der Waals surface area contributed by atoms with E-state index in [1.807, 2.05) is 12.1 Å². The van der Waals surface area contributed by atoms with Gasteiger partial charge >= 0.3 is 0 Å². The third kappa shape index (κ3) is 6.94. The van der Waals surface area contributed by atoms with Crippen LogP contribution in [0.5, 0.6) is 5.75 Å². The molecule has 0 fully saturated rings. The number of carbonyl (C=O) groups is 1. The summed E-state index contributed by atoms with van der Waals surface area (Å²) >= 11 is 0. The number of hydrogen-bond donors (Lipinski definition) is 4. The van der Waals surface area contributed by atoms with Crippen LogP contribution in [0.1, 0.15) is 12.5 Å². The summed E-state index contributed by atoms with van der Waals surface area (Å²) in [7, 11) is -4.01. The number of hydrazine groups is 1. The predicted octanol–water partition coefficient (Wildman–Crippen LogP) is 1.92. The second-order valence-corrected chi connectivity index (χ2v) is 9.92. The van der Waals surface area contributed by atoms with Crippen molar-refractivity contribution in [1.29, 1.82) is 0 Å². The molecule has 11 heteroatoms. The molecule has 36 heavy (non-hydrogen) atoms. The van der Waals surface area contributed by atoms with Crippen molar-refractivity contribution in [2.75, 3.05) is 36.6 Å². The molecule has 1 unspecified atom stereocenters. The Balaban J connectivity index is 1.99. The maximum Gasteiger partial charge on any atom is 0.235 e. The van der Waals surface area contributed by atoms with Crippen LogP contribution in [0, 0.1) is 6.92 Å². The summed E-state index contributed by atoms with van der Waals surface area (Å²) in [5.74, 6) is -0.103. The van der Waals surface area contributed by atoms with Crippen LogP contribution < -0.4 is 20.5 Å². The minimum absolute atomic E-state index is 0.0464. The molecule has 1 atom stereocenters. The van der Waals surface area contributed by atoms with Gasteiger partial charge in [0.25, 0.3) is 0 Å². The van der Waals surface area contributed by atoms with Gasteiger partial charge in [0.2, 0.25) is 15.7 Å². The van der Waals surface area contributed by atoms with E-state index in [0.29, 0.717) is 17.9 Å². The van der Waals surface area contributed by atoms with Gasteiger partial charge in [0, 0.05) is 37.6 Å². The lowest BCUT2D eigenvalue weighted by atomic mass is 10.2. The number of nitrogens with one attached hydrogen (secondary N) is 2. The summed E-state index contributed by atoms with van der Waals surface area (Å²) in [5, 5.41) is 23.9. The maximum absolute atomic E-state index is 13.6. The number of nitrogens with zero attached hydrogens (tertiary/aromatic N) is 2. The second-order valence-electron chi connectivity index (χ2n) is 8.03. The number of ether oxygens (including phenoxy) is 1. The zero-order valence-electron chi connectivity index (χ0n) is 20.1. The number of aliphatic hydroxyl groups is 2. The highest BCUT2D eigenvalue weighted by atomic mass is 32.2. The van der Waals surface area contributed by atoms with Gasteiger partial charge in [-0.2, -0.15) is 0 Å². The molecule has 2 aromatic carbocycles. The molecule has 0 aliphatic heterocycles. The van der Waals surface area contributed by atoms with E-state index in [-0.39, 0.29) is 28.6 Å². The number of pyridine rings is 1. The van der Waals surface area contributed by atoms with Crippen molar-refractivity contribution in [3.8, 4) is 5.75 Å². The lowest BCUT2D eigenvalue weighted by Gasteiger charge is -2.29. The van der Waals surface area contributed by atoms with Crippen molar-refractivity contribution >= 4 is 27.1 Å². The molecule has 0 saturated heterocycles. The average molecular weight is 515 g/mol. The minimum atomic E-state index is -4.01. The first-order chi connectivity index (χ1) is 17.2. The van der Waals surface area contributed by atoms with Crippen molar-refractivity contribution in [3.63, 3.8) is 0 Å². The van der Waals surface area contributed by atoms with Crippen molar-refractivity contribution in [3.05, 3.63) is 72.6 Å². The van der Waals surface area contributed by atoms with Crippen molar-refractivity contribution in [2.45, 2.75) is 29.7 Å². The zero-order chi connectivity index (χ0) is 26.1. The third-order valence-corrected chi connectivity index (χ3v) is 7.08. The number of sulfone groups is 1. The smallest absolute Gasteiger partial charge is 0.235 e. The van der Waals surface area contributed by atoms with Crippen LogP contribution in [-0.2, 0) is 14.6 Å². The van der Waals surface area contributed by atoms with Crippen LogP contribution in [0.25, 0.3) is 0 Å². The van der Waals surface area contributed by atoms with Gasteiger partial charge in [-0.1, -0.05) is 18.2 Å². The Morgan fingerprint density at radius 2 is 1.83 bits per heavy atom. The molecule has 3 rings (SSSR count). The number of amides is 1. The quantitative estimate of drug-likeness (QED) is 0.211. The number of hydrogen-bond acceptors (Lipinski definition) is 9. The topological polar surface area (TPSA) is 141 Å². The Bertz CT molecular complexity index is 1260. The number of carbonyl (C=O) groups excluding carboxylic acids is 1. The van der Waals surface area contributed by atoms with E-state index < -0.39 is 28.5 Å². The van der Waals surface area contributed by atoms with Gasteiger partial charge in [-0.05, 0) is 42.8 Å². The molecule has 0 radical (unpaired) electrons. The summed E-state index contributed by atoms with van der Waals surface area (Å²) in [6.07, 6.45) is 2.10. The van der Waals surface area contributed by atoms with Gasteiger partial charge < -0.3 is 20.3 Å². The summed E-state index contributed by atoms with van der Waals surface area (Å²) < 4.78 is 33.2. The van der Waals surface area contributed by atoms with E-state index in [4.69, 9.17) is 4.74 Å². The molecule has 192 valence electrons. The average Bonchev–Trinajstić information content (AvgIpc) is 2.86. The molecule has 0 saturated carbocycles. The number of aryl methyl sites for hydroxylation is 1. The highest BCUT2D eigenvalue weighted by molar-refractivity contribution is 7.91. The lowest BCUT2D eigenvalue weighted by Crippen LogP contribution is -2.47. The van der Waals surface area contributed by atoms with Gasteiger partial charge in [0.15, 0.2) is 0 Å². The van der Waals surface area contributed by atoms with Crippen LogP contribution in [0.2, 0.25) is 0 Å². The number of aromatic nitrogens is 1. The van der Waals surface area contributed by atoms with E-state index in [1.165, 1.54) is 30.1 Å². The fourth-order valence-electron chi connectivity index (χ4n) is 3.57. The summed E-state index contributed by atoms with van der Waals surface area (Å²) in [5.41, 5.74) is 3.93. The maximum atomic E-state index is 13.6. The molecule has 1 aromatic heterocycles. The molecule has 0 spiro atoms. The van der Waals surface area contributed by atoms with E-state index in [9.17, 15) is 23.4 Å². The van der Waals surface area contributed by atoms with E-state index >= 15 is 0 Å². The molecule has 0 aliphatic rings. The molecule has 1 heterocycles. The van der Waals surface area contributed by atoms with Crippen LogP contribution in [0.4, 0.5) is 11.4 Å². The number of anilines is 2. The Kier molecular flexibility index (Phi) is 9.23. The number of benzene rings is 2. The number of aliphatic hydroxyl groups excluding tert-OH is 2. The normalized spacial score (nSPS) is 12.0. The van der Waals surface area contributed by atoms with Gasteiger partial charge in [0.05, 0.1) is 29.8 Å². The Hall–Kier alpha value is -3.67. The standard InChI is InChI=1S/C25H30N4O6S/c1-18-14-22(35-13-12-27-20-8-10-26-11-9-20)15-24(29(28-19(2)31)16-21(32)17-30)25(18)36(33,34)23-6-4-3-5-7-23/h3-11,14-15,21,30,32H,12-13,16-17H2,1-2H3,(H,26,27)(H,28,31). The monoisotopic (exact) mass is 514 g/mol. The molecule has 0 aliphatic carbocycles. The number of rotatable bonds is 12. The van der Waals surface area contributed by atoms with Gasteiger partial charge in [-0.25, -0.2) is 8.42 Å². The molecular weight excluding hydrogens is 484 g/mol. The zero-order valence-corrected chi connectivity index (χ0v) is 20.9. The first-order valence-corrected chi connectivity index (χ1v) is 12.8. The van der Waals surface area contributed by atoms with Crippen LogP contribution in [0.15, 0.2) is 76.8 Å². The molecule has 1 amide bonds. The van der Waals surface area contributed by atoms with Crippen LogP contribution >= 0.6 is 0 Å². The largest absolute Gasteiger partial charge is 0.492 e. The van der Waals surface area contributed by atoms with Crippen molar-refractivity contribution in [2.24, 2.45) is 0 Å². The third-order valence-electron chi connectivity index (χ3n) is 5.12. The minimum Gasteiger partial charge on any atom is -0.492 e. The van der Waals surface area contributed by atoms with Gasteiger partial charge in [-0.3, -0.25) is 20.2 Å². The first-order valence-electron chi connectivity index (χ1n) is 11.3. The van der Waals surface area contributed by atoms with Crippen LogP contribution in [-0.4, -0.2) is 61.9 Å². The SMILES string of the molecule is CC(=O)NN(CC(O)CO)c1cc(OCCNc2ccncc2)cc(C)c1S(=O)(=O)c1ccccc1. The summed E-state index contributed by atoms with van der Waals surface area (Å²) in [6, 6.07) is 14.7. The van der Waals surface area contributed by atoms with Gasteiger partial charge in [0.1, 0.15) is 17.3 Å². The second kappa shape index (κ2) is 12.3. The first kappa shape index (κ1) is 26.9. The van der Waals surface area contributed by atoms with Crippen LogP contribution in [0.3, 0.4) is 0 Å². The molecule has 0 bridgehead atoms. The molecule has 3 aromatic rings. The van der Waals surface area contributed by atoms with E-state index in [0.717, 1.165) is 5.69 Å². The highest BCUT2D eigenvalue weighted by Gasteiger charge is 2.28. The van der Waals surface area contributed by atoms with Gasteiger partial charge in [-0.15, -0.1) is 0 Å². The van der Waals surface area contributed by atoms with E-state index in [1.54, 1.807) is 43.6 Å². The predicted molar refractivity (Wildman–Crippen MR) is 136 cm³/mol. The summed E-state index contributed by atoms with van der Waals surface area (Å²) in [4.78, 5) is 16.0. The van der Waals surface area contributed by atoms with Crippen molar-refractivity contribution in [1.82, 2.24) is 10.4 Å². The highest BCUT2D eigenvalue weighted by Crippen LogP contribution is 2.36. The Labute approximate surface area is 210 Å². The molecular formula is C25H30N4O6S. The Morgan fingerprint density at radius 3 is 2.47 bits per heavy atom. The van der Waals surface area contributed by atoms with Crippen molar-refractivity contribution < 1.29 is 28.2 Å². The Morgan fingerprint density at radius 1 is 1.14 bits per heavy atom. The molecule has 4 N–H and O–H groups in total. The fraction of sp³-hybridized carbons (Fsp3) is 0.280.